The molecule has 5 heteroatoms. The predicted molar refractivity (Wildman–Crippen MR) is 88.0 cm³/mol. The highest BCUT2D eigenvalue weighted by Gasteiger charge is 2.40. The van der Waals surface area contributed by atoms with Crippen LogP contribution in [0, 0.1) is 6.92 Å². The summed E-state index contributed by atoms with van der Waals surface area (Å²) in [4.78, 5) is 14.7. The fourth-order valence-electron chi connectivity index (χ4n) is 3.29. The summed E-state index contributed by atoms with van der Waals surface area (Å²) in [7, 11) is 0. The van der Waals surface area contributed by atoms with E-state index in [1.165, 1.54) is 0 Å². The lowest BCUT2D eigenvalue weighted by molar-refractivity contribution is -0.124. The van der Waals surface area contributed by atoms with E-state index in [4.69, 9.17) is 0 Å². The average molecular weight is 315 g/mol. The van der Waals surface area contributed by atoms with Crippen molar-refractivity contribution < 1.29 is 4.79 Å². The third-order valence-corrected chi connectivity index (χ3v) is 5.46. The molecule has 4 nitrogen and oxygen atoms in total. The van der Waals surface area contributed by atoms with Crippen LogP contribution < -0.4 is 0 Å². The molecular formula is C17H21N3OS. The second kappa shape index (κ2) is 6.26. The van der Waals surface area contributed by atoms with Crippen LogP contribution in [0.3, 0.4) is 0 Å². The Labute approximate surface area is 135 Å². The van der Waals surface area contributed by atoms with Gasteiger partial charge in [-0.1, -0.05) is 30.3 Å². The number of benzene rings is 1. The van der Waals surface area contributed by atoms with E-state index < -0.39 is 0 Å². The van der Waals surface area contributed by atoms with Crippen LogP contribution in [0.5, 0.6) is 0 Å². The molecule has 1 aliphatic heterocycles. The topological polar surface area (TPSA) is 46.1 Å². The largest absolute Gasteiger partial charge is 0.299 e. The molecule has 0 aliphatic carbocycles. The Bertz CT molecular complexity index is 645. The summed E-state index contributed by atoms with van der Waals surface area (Å²) in [5, 5.41) is 10.3. The van der Waals surface area contributed by atoms with Gasteiger partial charge in [0.25, 0.3) is 0 Å². The lowest BCUT2D eigenvalue weighted by Gasteiger charge is -2.40. The zero-order valence-corrected chi connectivity index (χ0v) is 13.9. The minimum atomic E-state index is -0.311. The first-order valence-corrected chi connectivity index (χ1v) is 8.50. The van der Waals surface area contributed by atoms with E-state index in [0.29, 0.717) is 0 Å². The molecule has 0 bridgehead atoms. The van der Waals surface area contributed by atoms with Crippen molar-refractivity contribution in [3.8, 4) is 0 Å². The Morgan fingerprint density at radius 2 is 1.91 bits per heavy atom. The summed E-state index contributed by atoms with van der Waals surface area (Å²) < 4.78 is 0. The highest BCUT2D eigenvalue weighted by molar-refractivity contribution is 7.11. The maximum atomic E-state index is 12.4. The number of likely N-dealkylation sites (tertiary alicyclic amines) is 1. The predicted octanol–water partition coefficient (Wildman–Crippen LogP) is 2.97. The number of carbonyl (C=O) groups is 1. The van der Waals surface area contributed by atoms with Crippen LogP contribution in [0.2, 0.25) is 0 Å². The van der Waals surface area contributed by atoms with E-state index in [9.17, 15) is 4.79 Å². The number of carbonyl (C=O) groups excluding carboxylic acids is 1. The lowest BCUT2D eigenvalue weighted by atomic mass is 9.70. The summed E-state index contributed by atoms with van der Waals surface area (Å²) in [5.74, 6) is 0.283. The monoisotopic (exact) mass is 315 g/mol. The summed E-state index contributed by atoms with van der Waals surface area (Å²) in [6.45, 7) is 6.40. The molecule has 1 saturated heterocycles. The van der Waals surface area contributed by atoms with E-state index in [1.54, 1.807) is 18.3 Å². The van der Waals surface area contributed by atoms with Crippen LogP contribution in [0.25, 0.3) is 0 Å². The van der Waals surface area contributed by atoms with Crippen molar-refractivity contribution in [2.75, 3.05) is 13.1 Å². The lowest BCUT2D eigenvalue weighted by Crippen LogP contribution is -2.46. The quantitative estimate of drug-likeness (QED) is 0.870. The summed E-state index contributed by atoms with van der Waals surface area (Å²) >= 11 is 1.65. The normalized spacial score (nSPS) is 18.3. The number of piperidine rings is 1. The van der Waals surface area contributed by atoms with Crippen molar-refractivity contribution in [3.05, 3.63) is 45.9 Å². The molecule has 0 N–H and O–H groups in total. The van der Waals surface area contributed by atoms with Gasteiger partial charge in [-0.25, -0.2) is 0 Å². The molecule has 0 atom stereocenters. The summed E-state index contributed by atoms with van der Waals surface area (Å²) in [6.07, 6.45) is 1.76. The number of Topliss-reactive ketones (excluding diaryl/α,β-unsaturated/α-hetero) is 1. The molecule has 0 saturated carbocycles. The molecule has 1 aromatic heterocycles. The second-order valence-corrected chi connectivity index (χ2v) is 7.26. The van der Waals surface area contributed by atoms with E-state index in [1.807, 2.05) is 25.1 Å². The number of rotatable bonds is 4. The van der Waals surface area contributed by atoms with Gasteiger partial charge in [-0.05, 0) is 45.3 Å². The van der Waals surface area contributed by atoms with Crippen molar-refractivity contribution in [1.29, 1.82) is 0 Å². The minimum Gasteiger partial charge on any atom is -0.299 e. The first-order valence-electron chi connectivity index (χ1n) is 7.68. The highest BCUT2D eigenvalue weighted by atomic mass is 32.1. The van der Waals surface area contributed by atoms with Gasteiger partial charge in [0.2, 0.25) is 0 Å². The molecule has 2 heterocycles. The van der Waals surface area contributed by atoms with Gasteiger partial charge in [0.1, 0.15) is 15.8 Å². The van der Waals surface area contributed by atoms with Crippen LogP contribution >= 0.6 is 11.3 Å². The van der Waals surface area contributed by atoms with Crippen molar-refractivity contribution in [2.45, 2.75) is 38.6 Å². The fourth-order valence-corrected chi connectivity index (χ4v) is 4.04. The molecule has 0 radical (unpaired) electrons. The van der Waals surface area contributed by atoms with Gasteiger partial charge in [-0.15, -0.1) is 21.5 Å². The van der Waals surface area contributed by atoms with E-state index in [0.717, 1.165) is 48.1 Å². The number of ketones is 1. The van der Waals surface area contributed by atoms with Crippen LogP contribution in [-0.2, 0) is 16.8 Å². The zero-order chi connectivity index (χ0) is 15.6. The molecule has 116 valence electrons. The number of hydrogen-bond acceptors (Lipinski definition) is 5. The molecule has 1 aliphatic rings. The number of aromatic nitrogens is 2. The first-order chi connectivity index (χ1) is 10.6. The molecule has 0 amide bonds. The van der Waals surface area contributed by atoms with Gasteiger partial charge >= 0.3 is 0 Å². The van der Waals surface area contributed by atoms with E-state index in [-0.39, 0.29) is 11.2 Å². The van der Waals surface area contributed by atoms with Gasteiger partial charge in [0, 0.05) is 0 Å². The Morgan fingerprint density at radius 1 is 1.23 bits per heavy atom. The Morgan fingerprint density at radius 3 is 2.45 bits per heavy atom. The molecule has 0 spiro atoms. The first kappa shape index (κ1) is 15.3. The van der Waals surface area contributed by atoms with Crippen LogP contribution in [0.1, 0.15) is 35.3 Å². The van der Waals surface area contributed by atoms with Crippen molar-refractivity contribution in [2.24, 2.45) is 0 Å². The maximum absolute atomic E-state index is 12.4. The number of nitrogens with zero attached hydrogens (tertiary/aromatic N) is 3. The molecule has 1 fully saturated rings. The molecular weight excluding hydrogens is 294 g/mol. The van der Waals surface area contributed by atoms with Gasteiger partial charge in [-0.3, -0.25) is 9.69 Å². The van der Waals surface area contributed by atoms with Crippen LogP contribution in [0.4, 0.5) is 0 Å². The summed E-state index contributed by atoms with van der Waals surface area (Å²) in [6, 6.07) is 10.2. The fraction of sp³-hybridized carbons (Fsp3) is 0.471. The molecule has 3 rings (SSSR count). The minimum absolute atomic E-state index is 0.283. The number of aryl methyl sites for hydroxylation is 1. The molecule has 0 unspecified atom stereocenters. The third-order valence-electron chi connectivity index (χ3n) is 4.64. The van der Waals surface area contributed by atoms with E-state index >= 15 is 0 Å². The molecule has 22 heavy (non-hydrogen) atoms. The SMILES string of the molecule is CC(=O)C1(c2ccccc2)CCN(Cc2nnc(C)s2)CC1. The smallest absolute Gasteiger partial charge is 0.140 e. The third kappa shape index (κ3) is 2.96. The molecule has 2 aromatic rings. The van der Waals surface area contributed by atoms with Crippen molar-refractivity contribution in [1.82, 2.24) is 15.1 Å². The van der Waals surface area contributed by atoms with E-state index in [2.05, 4.69) is 27.2 Å². The zero-order valence-electron chi connectivity index (χ0n) is 13.1. The molecule has 1 aromatic carbocycles. The number of hydrogen-bond donors (Lipinski definition) is 0. The second-order valence-electron chi connectivity index (χ2n) is 6.00. The van der Waals surface area contributed by atoms with Gasteiger partial charge in [0.15, 0.2) is 0 Å². The van der Waals surface area contributed by atoms with Gasteiger partial charge < -0.3 is 0 Å². The van der Waals surface area contributed by atoms with Gasteiger partial charge in [0.05, 0.1) is 12.0 Å². The average Bonchev–Trinajstić information content (AvgIpc) is 2.94. The standard InChI is InChI=1S/C17H21N3OS/c1-13(21)17(15-6-4-3-5-7-15)8-10-20(11-9-17)12-16-19-18-14(2)22-16/h3-7H,8-12H2,1-2H3. The highest BCUT2D eigenvalue weighted by Crippen LogP contribution is 2.36. The Balaban J connectivity index is 1.72. The van der Waals surface area contributed by atoms with Crippen LogP contribution in [0.15, 0.2) is 30.3 Å². The van der Waals surface area contributed by atoms with Crippen molar-refractivity contribution >= 4 is 17.1 Å². The van der Waals surface area contributed by atoms with Gasteiger partial charge in [-0.2, -0.15) is 0 Å². The van der Waals surface area contributed by atoms with Crippen LogP contribution in [-0.4, -0.2) is 34.0 Å². The Kier molecular flexibility index (Phi) is 4.36. The van der Waals surface area contributed by atoms with Crippen molar-refractivity contribution in [3.63, 3.8) is 0 Å². The Hall–Kier alpha value is -1.59. The summed E-state index contributed by atoms with van der Waals surface area (Å²) in [5.41, 5.74) is 0.850. The maximum Gasteiger partial charge on any atom is 0.140 e.